The van der Waals surface area contributed by atoms with E-state index in [1.54, 1.807) is 0 Å². The Morgan fingerprint density at radius 2 is 1.88 bits per heavy atom. The Bertz CT molecular complexity index is 329. The van der Waals surface area contributed by atoms with Gasteiger partial charge in [-0.2, -0.15) is 0 Å². The lowest BCUT2D eigenvalue weighted by Gasteiger charge is -2.22. The zero-order valence-electron chi connectivity index (χ0n) is 9.89. The van der Waals surface area contributed by atoms with Crippen LogP contribution in [0.15, 0.2) is 24.4 Å². The van der Waals surface area contributed by atoms with Crippen molar-refractivity contribution in [1.82, 2.24) is 10.3 Å². The fourth-order valence-corrected chi connectivity index (χ4v) is 2.57. The van der Waals surface area contributed by atoms with Gasteiger partial charge in [0.25, 0.3) is 0 Å². The zero-order valence-corrected chi connectivity index (χ0v) is 9.89. The van der Waals surface area contributed by atoms with Crippen molar-refractivity contribution in [1.29, 1.82) is 0 Å². The van der Waals surface area contributed by atoms with Crippen LogP contribution in [0, 0.1) is 11.8 Å². The summed E-state index contributed by atoms with van der Waals surface area (Å²) in [6.07, 6.45) is 7.62. The van der Waals surface area contributed by atoms with Gasteiger partial charge in [-0.3, -0.25) is 4.98 Å². The minimum absolute atomic E-state index is 0.396. The van der Waals surface area contributed by atoms with Crippen LogP contribution in [0.2, 0.25) is 0 Å². The van der Waals surface area contributed by atoms with Crippen LogP contribution in [0.3, 0.4) is 0 Å². The number of pyridine rings is 1. The van der Waals surface area contributed by atoms with Crippen LogP contribution in [0.25, 0.3) is 0 Å². The maximum absolute atomic E-state index is 4.43. The van der Waals surface area contributed by atoms with Crippen molar-refractivity contribution >= 4 is 0 Å². The van der Waals surface area contributed by atoms with Crippen molar-refractivity contribution in [2.24, 2.45) is 11.8 Å². The van der Waals surface area contributed by atoms with Gasteiger partial charge in [0.15, 0.2) is 0 Å². The Kier molecular flexibility index (Phi) is 2.68. The van der Waals surface area contributed by atoms with E-state index in [2.05, 4.69) is 29.4 Å². The van der Waals surface area contributed by atoms with Crippen LogP contribution in [0.5, 0.6) is 0 Å². The van der Waals surface area contributed by atoms with Crippen LogP contribution < -0.4 is 5.32 Å². The van der Waals surface area contributed by atoms with Gasteiger partial charge in [-0.05, 0) is 56.6 Å². The maximum Gasteiger partial charge on any atom is 0.0570 e. The second-order valence-electron chi connectivity index (χ2n) is 5.34. The molecule has 1 heterocycles. The normalized spacial score (nSPS) is 22.4. The predicted molar refractivity (Wildman–Crippen MR) is 65.0 cm³/mol. The summed E-state index contributed by atoms with van der Waals surface area (Å²) >= 11 is 0. The summed E-state index contributed by atoms with van der Waals surface area (Å²) in [5, 5.41) is 3.79. The minimum Gasteiger partial charge on any atom is -0.306 e. The van der Waals surface area contributed by atoms with Gasteiger partial charge in [0.05, 0.1) is 5.69 Å². The summed E-state index contributed by atoms with van der Waals surface area (Å²) in [6, 6.07) is 7.33. The molecule has 1 N–H and O–H groups in total. The molecule has 0 amide bonds. The Balaban J connectivity index is 1.64. The summed E-state index contributed by atoms with van der Waals surface area (Å²) in [7, 11) is 0. The molecule has 0 saturated heterocycles. The van der Waals surface area contributed by atoms with E-state index in [0.717, 1.165) is 17.9 Å². The molecule has 1 aromatic rings. The van der Waals surface area contributed by atoms with E-state index in [1.165, 1.54) is 31.4 Å². The number of rotatable bonds is 5. The largest absolute Gasteiger partial charge is 0.306 e. The highest BCUT2D eigenvalue weighted by molar-refractivity contribution is 5.09. The van der Waals surface area contributed by atoms with Crippen LogP contribution in [-0.4, -0.2) is 11.0 Å². The number of nitrogens with zero attached hydrogens (tertiary/aromatic N) is 1. The highest BCUT2D eigenvalue weighted by Gasteiger charge is 2.41. The maximum atomic E-state index is 4.43. The van der Waals surface area contributed by atoms with E-state index in [1.807, 2.05) is 12.3 Å². The Hall–Kier alpha value is -0.890. The third kappa shape index (κ3) is 2.27. The summed E-state index contributed by atoms with van der Waals surface area (Å²) in [5.41, 5.74) is 1.17. The molecule has 0 aromatic carbocycles. The van der Waals surface area contributed by atoms with E-state index in [-0.39, 0.29) is 0 Å². The summed E-state index contributed by atoms with van der Waals surface area (Å²) < 4.78 is 0. The predicted octanol–water partition coefficient (Wildman–Crippen LogP) is 2.92. The molecule has 1 unspecified atom stereocenters. The summed E-state index contributed by atoms with van der Waals surface area (Å²) in [6.45, 7) is 2.24. The molecule has 86 valence electrons. The number of hydrogen-bond acceptors (Lipinski definition) is 2. The molecule has 2 saturated carbocycles. The first-order valence-corrected chi connectivity index (χ1v) is 6.51. The van der Waals surface area contributed by atoms with E-state index in [4.69, 9.17) is 0 Å². The molecular formula is C14H20N2. The van der Waals surface area contributed by atoms with E-state index < -0.39 is 0 Å². The first-order valence-electron chi connectivity index (χ1n) is 6.51. The fourth-order valence-electron chi connectivity index (χ4n) is 2.57. The van der Waals surface area contributed by atoms with Gasteiger partial charge >= 0.3 is 0 Å². The monoisotopic (exact) mass is 216 g/mol. The van der Waals surface area contributed by atoms with Crippen LogP contribution in [0.1, 0.15) is 44.3 Å². The minimum atomic E-state index is 0.396. The molecule has 2 heteroatoms. The third-order valence-corrected chi connectivity index (χ3v) is 3.83. The molecule has 0 aliphatic heterocycles. The van der Waals surface area contributed by atoms with Crippen molar-refractivity contribution in [2.45, 2.75) is 44.7 Å². The van der Waals surface area contributed by atoms with E-state index >= 15 is 0 Å². The number of nitrogens with one attached hydrogen (secondary N) is 1. The highest BCUT2D eigenvalue weighted by atomic mass is 15.0. The molecule has 1 atom stereocenters. The van der Waals surface area contributed by atoms with E-state index in [0.29, 0.717) is 6.04 Å². The average Bonchev–Trinajstić information content (AvgIpc) is 3.19. The fraction of sp³-hybridized carbons (Fsp3) is 0.643. The molecule has 0 radical (unpaired) electrons. The summed E-state index contributed by atoms with van der Waals surface area (Å²) in [4.78, 5) is 4.43. The standard InChI is InChI=1S/C14H20N2/c1-10(13-4-2-3-9-15-13)16-14(11-5-6-11)12-7-8-12/h2-4,9-12,14,16H,5-8H2,1H3. The van der Waals surface area contributed by atoms with E-state index in [9.17, 15) is 0 Å². The lowest BCUT2D eigenvalue weighted by Crippen LogP contribution is -2.35. The molecule has 2 aliphatic rings. The van der Waals surface area contributed by atoms with Crippen molar-refractivity contribution in [2.75, 3.05) is 0 Å². The van der Waals surface area contributed by atoms with Gasteiger partial charge in [-0.25, -0.2) is 0 Å². The molecule has 3 rings (SSSR count). The molecule has 1 aromatic heterocycles. The van der Waals surface area contributed by atoms with Gasteiger partial charge in [0, 0.05) is 18.3 Å². The van der Waals surface area contributed by atoms with Gasteiger partial charge < -0.3 is 5.32 Å². The summed E-state index contributed by atoms with van der Waals surface area (Å²) in [5.74, 6) is 1.91. The third-order valence-electron chi connectivity index (χ3n) is 3.83. The molecule has 2 fully saturated rings. The highest BCUT2D eigenvalue weighted by Crippen LogP contribution is 2.45. The van der Waals surface area contributed by atoms with Gasteiger partial charge in [-0.15, -0.1) is 0 Å². The quantitative estimate of drug-likeness (QED) is 0.818. The zero-order chi connectivity index (χ0) is 11.0. The molecule has 16 heavy (non-hydrogen) atoms. The Morgan fingerprint density at radius 3 is 2.38 bits per heavy atom. The van der Waals surface area contributed by atoms with Gasteiger partial charge in [0.1, 0.15) is 0 Å². The van der Waals surface area contributed by atoms with Crippen molar-refractivity contribution in [3.8, 4) is 0 Å². The smallest absolute Gasteiger partial charge is 0.0570 e. The van der Waals surface area contributed by atoms with Gasteiger partial charge in [-0.1, -0.05) is 6.07 Å². The van der Waals surface area contributed by atoms with Crippen molar-refractivity contribution in [3.05, 3.63) is 30.1 Å². The second-order valence-corrected chi connectivity index (χ2v) is 5.34. The van der Waals surface area contributed by atoms with Crippen LogP contribution in [0.4, 0.5) is 0 Å². The van der Waals surface area contributed by atoms with Crippen LogP contribution >= 0.6 is 0 Å². The number of aromatic nitrogens is 1. The Morgan fingerprint density at radius 1 is 1.19 bits per heavy atom. The molecule has 0 spiro atoms. The van der Waals surface area contributed by atoms with Crippen molar-refractivity contribution < 1.29 is 0 Å². The lowest BCUT2D eigenvalue weighted by atomic mass is 10.1. The van der Waals surface area contributed by atoms with Crippen molar-refractivity contribution in [3.63, 3.8) is 0 Å². The lowest BCUT2D eigenvalue weighted by molar-refractivity contribution is 0.374. The SMILES string of the molecule is CC(NC(C1CC1)C1CC1)c1ccccn1. The molecule has 2 aliphatic carbocycles. The van der Waals surface area contributed by atoms with Gasteiger partial charge in [0.2, 0.25) is 0 Å². The first-order chi connectivity index (χ1) is 7.84. The first kappa shape index (κ1) is 10.3. The average molecular weight is 216 g/mol. The molecule has 2 nitrogen and oxygen atoms in total. The Labute approximate surface area is 97.5 Å². The molecular weight excluding hydrogens is 196 g/mol. The molecule has 0 bridgehead atoms. The number of hydrogen-bond donors (Lipinski definition) is 1. The topological polar surface area (TPSA) is 24.9 Å². The van der Waals surface area contributed by atoms with Crippen LogP contribution in [-0.2, 0) is 0 Å². The second kappa shape index (κ2) is 4.17.